The first-order valence-corrected chi connectivity index (χ1v) is 12.1. The average Bonchev–Trinajstić information content (AvgIpc) is 3.24. The Labute approximate surface area is 212 Å². The number of methoxy groups -OCH3 is 1. The van der Waals surface area contributed by atoms with Crippen LogP contribution in [0.25, 0.3) is 0 Å². The second-order valence-corrected chi connectivity index (χ2v) is 9.28. The van der Waals surface area contributed by atoms with Crippen LogP contribution in [0.4, 0.5) is 23.1 Å². The molecule has 1 fully saturated rings. The van der Waals surface area contributed by atoms with Crippen LogP contribution in [-0.4, -0.2) is 81.9 Å². The number of hydrogen-bond acceptors (Lipinski definition) is 10. The second-order valence-electron chi connectivity index (χ2n) is 8.24. The maximum Gasteiger partial charge on any atom is 0.317 e. The van der Waals surface area contributed by atoms with E-state index < -0.39 is 5.97 Å². The highest BCUT2D eigenvalue weighted by atomic mass is 32.2. The number of aromatic amines is 1. The molecule has 190 valence electrons. The summed E-state index contributed by atoms with van der Waals surface area (Å²) in [6.45, 7) is 5.75. The van der Waals surface area contributed by atoms with Crippen molar-refractivity contribution in [3.63, 3.8) is 0 Å². The molecule has 3 aromatic rings. The Morgan fingerprint density at radius 2 is 1.89 bits per heavy atom. The van der Waals surface area contributed by atoms with Crippen molar-refractivity contribution < 1.29 is 19.4 Å². The van der Waals surface area contributed by atoms with E-state index in [1.807, 2.05) is 42.2 Å². The largest absolute Gasteiger partial charge is 0.490 e. The van der Waals surface area contributed by atoms with Crippen LogP contribution >= 0.6 is 11.8 Å². The van der Waals surface area contributed by atoms with E-state index in [0.717, 1.165) is 10.6 Å². The lowest BCUT2D eigenvalue weighted by atomic mass is 10.3. The predicted molar refractivity (Wildman–Crippen MR) is 136 cm³/mol. The molecule has 0 saturated carbocycles. The molecule has 1 aromatic carbocycles. The lowest BCUT2D eigenvalue weighted by Gasteiger charge is -2.35. The Hall–Kier alpha value is -3.84. The molecule has 1 amide bonds. The lowest BCUT2D eigenvalue weighted by molar-refractivity contribution is -0.138. The van der Waals surface area contributed by atoms with Gasteiger partial charge in [0.05, 0.1) is 13.7 Å². The van der Waals surface area contributed by atoms with Crippen molar-refractivity contribution >= 4 is 46.8 Å². The number of carboxylic acid groups (broad SMARTS) is 1. The van der Waals surface area contributed by atoms with Gasteiger partial charge >= 0.3 is 5.97 Å². The first kappa shape index (κ1) is 25.3. The van der Waals surface area contributed by atoms with Gasteiger partial charge in [0.2, 0.25) is 11.7 Å². The van der Waals surface area contributed by atoms with Gasteiger partial charge in [-0.3, -0.25) is 19.6 Å². The molecule has 0 unspecified atom stereocenters. The summed E-state index contributed by atoms with van der Waals surface area (Å²) >= 11 is 1.38. The van der Waals surface area contributed by atoms with E-state index in [1.54, 1.807) is 7.11 Å². The third-order valence-corrected chi connectivity index (χ3v) is 6.27. The molecule has 1 saturated heterocycles. The highest BCUT2D eigenvalue weighted by Crippen LogP contribution is 2.38. The maximum atomic E-state index is 11.3. The van der Waals surface area contributed by atoms with Crippen LogP contribution in [0.2, 0.25) is 0 Å². The number of benzene rings is 1. The zero-order chi connectivity index (χ0) is 25.7. The van der Waals surface area contributed by atoms with E-state index in [1.165, 1.54) is 18.7 Å². The van der Waals surface area contributed by atoms with Crippen molar-refractivity contribution in [1.82, 2.24) is 25.1 Å². The average molecular weight is 513 g/mol. The summed E-state index contributed by atoms with van der Waals surface area (Å²) in [4.78, 5) is 36.8. The van der Waals surface area contributed by atoms with E-state index in [0.29, 0.717) is 60.2 Å². The lowest BCUT2D eigenvalue weighted by Crippen LogP contribution is -2.48. The standard InChI is InChI=1S/C23H28N8O4S/c1-14-12-18(29-28-14)25-21-20(35-3)22(31-10-8-30(9-11-31)13-19(33)34)27-23(26-21)36-17-6-4-16(5-7-17)24-15(2)32/h4-7,12H,8-11,13H2,1-3H3,(H,24,32)(H,33,34)(H2,25,26,27,28,29). The fourth-order valence-corrected chi connectivity index (χ4v) is 4.53. The number of nitrogens with zero attached hydrogens (tertiary/aromatic N) is 5. The van der Waals surface area contributed by atoms with Gasteiger partial charge in [-0.05, 0) is 43.0 Å². The summed E-state index contributed by atoms with van der Waals surface area (Å²) in [6, 6.07) is 9.28. The van der Waals surface area contributed by atoms with E-state index in [4.69, 9.17) is 19.8 Å². The fraction of sp³-hybridized carbons (Fsp3) is 0.348. The molecule has 1 aliphatic heterocycles. The van der Waals surface area contributed by atoms with E-state index >= 15 is 0 Å². The second kappa shape index (κ2) is 11.3. The van der Waals surface area contributed by atoms with Gasteiger partial charge in [0.25, 0.3) is 0 Å². The van der Waals surface area contributed by atoms with Gasteiger partial charge in [-0.25, -0.2) is 9.97 Å². The van der Waals surface area contributed by atoms with Crippen molar-refractivity contribution in [2.45, 2.75) is 23.9 Å². The van der Waals surface area contributed by atoms with Crippen LogP contribution < -0.4 is 20.3 Å². The van der Waals surface area contributed by atoms with Gasteiger partial charge in [-0.2, -0.15) is 5.10 Å². The van der Waals surface area contributed by atoms with Crippen LogP contribution in [0, 0.1) is 6.92 Å². The highest BCUT2D eigenvalue weighted by Gasteiger charge is 2.26. The number of hydrogen-bond donors (Lipinski definition) is 4. The number of H-pyrrole nitrogens is 1. The summed E-state index contributed by atoms with van der Waals surface area (Å²) in [6.07, 6.45) is 0. The molecule has 0 aliphatic carbocycles. The van der Waals surface area contributed by atoms with E-state index in [-0.39, 0.29) is 12.5 Å². The van der Waals surface area contributed by atoms with Gasteiger partial charge in [0, 0.05) is 55.4 Å². The minimum absolute atomic E-state index is 0.00957. The number of rotatable bonds is 9. The van der Waals surface area contributed by atoms with Gasteiger partial charge in [0.15, 0.2) is 22.6 Å². The van der Waals surface area contributed by atoms with E-state index in [2.05, 4.69) is 25.7 Å². The topological polar surface area (TPSA) is 149 Å². The predicted octanol–water partition coefficient (Wildman–Crippen LogP) is 2.58. The summed E-state index contributed by atoms with van der Waals surface area (Å²) in [7, 11) is 1.57. The van der Waals surface area contributed by atoms with Crippen molar-refractivity contribution in [3.8, 4) is 5.75 Å². The molecular weight excluding hydrogens is 484 g/mol. The number of aromatic nitrogens is 4. The maximum absolute atomic E-state index is 11.3. The molecule has 0 bridgehead atoms. The van der Waals surface area contributed by atoms with Gasteiger partial charge in [-0.1, -0.05) is 0 Å². The molecule has 13 heteroatoms. The van der Waals surface area contributed by atoms with E-state index in [9.17, 15) is 9.59 Å². The molecule has 1 aliphatic rings. The number of amides is 1. The molecule has 0 atom stereocenters. The van der Waals surface area contributed by atoms with Crippen LogP contribution in [0.1, 0.15) is 12.6 Å². The normalized spacial score (nSPS) is 13.9. The monoisotopic (exact) mass is 512 g/mol. The highest BCUT2D eigenvalue weighted by molar-refractivity contribution is 7.99. The summed E-state index contributed by atoms with van der Waals surface area (Å²) in [5.41, 5.74) is 1.60. The zero-order valence-corrected chi connectivity index (χ0v) is 21.1. The smallest absolute Gasteiger partial charge is 0.317 e. The molecule has 4 N–H and O–H groups in total. The van der Waals surface area contributed by atoms with Crippen LogP contribution in [0.15, 0.2) is 40.4 Å². The third-order valence-electron chi connectivity index (χ3n) is 5.40. The van der Waals surface area contributed by atoms with Crippen molar-refractivity contribution in [1.29, 1.82) is 0 Å². The third kappa shape index (κ3) is 6.43. The Morgan fingerprint density at radius 1 is 1.17 bits per heavy atom. The Bertz CT molecular complexity index is 1230. The number of nitrogens with one attached hydrogen (secondary N) is 3. The molecule has 3 heterocycles. The first-order chi connectivity index (χ1) is 17.3. The fourth-order valence-electron chi connectivity index (χ4n) is 3.78. The zero-order valence-electron chi connectivity index (χ0n) is 20.2. The van der Waals surface area contributed by atoms with Crippen LogP contribution in [0.5, 0.6) is 5.75 Å². The van der Waals surface area contributed by atoms with Crippen molar-refractivity contribution in [2.75, 3.05) is 55.4 Å². The quantitative estimate of drug-likeness (QED) is 0.313. The molecule has 36 heavy (non-hydrogen) atoms. The van der Waals surface area contributed by atoms with Crippen LogP contribution in [-0.2, 0) is 9.59 Å². The Kier molecular flexibility index (Phi) is 7.90. The number of carbonyl (C=O) groups excluding carboxylic acids is 1. The van der Waals surface area contributed by atoms with Crippen molar-refractivity contribution in [2.24, 2.45) is 0 Å². The molecule has 0 radical (unpaired) electrons. The Morgan fingerprint density at radius 3 is 2.47 bits per heavy atom. The number of piperazine rings is 1. The molecule has 12 nitrogen and oxygen atoms in total. The summed E-state index contributed by atoms with van der Waals surface area (Å²) in [5, 5.41) is 22.7. The molecule has 4 rings (SSSR count). The number of ether oxygens (including phenoxy) is 1. The van der Waals surface area contributed by atoms with Gasteiger partial charge < -0.3 is 25.4 Å². The van der Waals surface area contributed by atoms with Crippen LogP contribution in [0.3, 0.4) is 0 Å². The number of carbonyl (C=O) groups is 2. The Balaban J connectivity index is 1.63. The number of carboxylic acids is 1. The number of anilines is 4. The summed E-state index contributed by atoms with van der Waals surface area (Å²) < 4.78 is 5.73. The minimum atomic E-state index is -0.841. The minimum Gasteiger partial charge on any atom is -0.490 e. The molecule has 2 aromatic heterocycles. The number of aryl methyl sites for hydroxylation is 1. The van der Waals surface area contributed by atoms with Gasteiger partial charge in [0.1, 0.15) is 0 Å². The van der Waals surface area contributed by atoms with Gasteiger partial charge in [-0.15, -0.1) is 0 Å². The number of aliphatic carboxylic acids is 1. The molecule has 0 spiro atoms. The summed E-state index contributed by atoms with van der Waals surface area (Å²) in [5.74, 6) is 1.19. The SMILES string of the molecule is COc1c(Nc2cc(C)[nH]n2)nc(Sc2ccc(NC(C)=O)cc2)nc1N1CCN(CC(=O)O)CC1. The molecular formula is C23H28N8O4S. The van der Waals surface area contributed by atoms with Crippen molar-refractivity contribution in [3.05, 3.63) is 36.0 Å². The first-order valence-electron chi connectivity index (χ1n) is 11.3.